The number of anilines is 1. The van der Waals surface area contributed by atoms with Gasteiger partial charge in [-0.3, -0.25) is 9.69 Å². The summed E-state index contributed by atoms with van der Waals surface area (Å²) in [7, 11) is -3.60. The fraction of sp³-hybridized carbons (Fsp3) is 0.278. The predicted molar refractivity (Wildman–Crippen MR) is 101 cm³/mol. The van der Waals surface area contributed by atoms with E-state index < -0.39 is 10.2 Å². The standard InChI is InChI=1S/C18H22N4O3S/c19-26(24,25)22-12-10-21(11-13-22)14-15-6-8-16(9-7-15)18(23)20-17-4-2-1-3-5-17/h1-9H,10-14H2,(H,20,23)(H2,19,24,25). The number of amides is 1. The first kappa shape index (κ1) is 18.5. The Morgan fingerprint density at radius 3 is 2.15 bits per heavy atom. The fourth-order valence-electron chi connectivity index (χ4n) is 2.89. The summed E-state index contributed by atoms with van der Waals surface area (Å²) in [6, 6.07) is 16.8. The number of nitrogens with zero attached hydrogens (tertiary/aromatic N) is 2. The topological polar surface area (TPSA) is 95.7 Å². The smallest absolute Gasteiger partial charge is 0.276 e. The second-order valence-electron chi connectivity index (χ2n) is 6.24. The maximum atomic E-state index is 12.2. The van der Waals surface area contributed by atoms with Gasteiger partial charge in [0.15, 0.2) is 0 Å². The first-order valence-corrected chi connectivity index (χ1v) is 9.88. The summed E-state index contributed by atoms with van der Waals surface area (Å²) in [4.78, 5) is 14.4. The van der Waals surface area contributed by atoms with Gasteiger partial charge in [0.2, 0.25) is 0 Å². The lowest BCUT2D eigenvalue weighted by molar-refractivity contribution is 0.102. The van der Waals surface area contributed by atoms with Crippen LogP contribution in [0.3, 0.4) is 0 Å². The number of carbonyl (C=O) groups excluding carboxylic acids is 1. The van der Waals surface area contributed by atoms with Gasteiger partial charge in [0, 0.05) is 44.0 Å². The van der Waals surface area contributed by atoms with E-state index in [2.05, 4.69) is 10.2 Å². The van der Waals surface area contributed by atoms with E-state index in [1.807, 2.05) is 42.5 Å². The molecule has 0 atom stereocenters. The van der Waals surface area contributed by atoms with Crippen LogP contribution in [0.25, 0.3) is 0 Å². The minimum atomic E-state index is -3.60. The molecule has 1 amide bonds. The van der Waals surface area contributed by atoms with Gasteiger partial charge in [0.25, 0.3) is 16.1 Å². The SMILES string of the molecule is NS(=O)(=O)N1CCN(Cc2ccc(C(=O)Nc3ccccc3)cc2)CC1. The largest absolute Gasteiger partial charge is 0.322 e. The first-order chi connectivity index (χ1) is 12.4. The molecule has 0 aromatic heterocycles. The molecular formula is C18H22N4O3S. The lowest BCUT2D eigenvalue weighted by Crippen LogP contribution is -2.50. The lowest BCUT2D eigenvalue weighted by Gasteiger charge is -2.32. The number of hydrogen-bond acceptors (Lipinski definition) is 4. The molecule has 2 aromatic rings. The van der Waals surface area contributed by atoms with E-state index in [0.29, 0.717) is 38.3 Å². The molecule has 26 heavy (non-hydrogen) atoms. The number of hydrogen-bond donors (Lipinski definition) is 2. The molecule has 1 aliphatic rings. The zero-order chi connectivity index (χ0) is 18.6. The second kappa shape index (κ2) is 7.96. The van der Waals surface area contributed by atoms with Crippen molar-refractivity contribution in [2.24, 2.45) is 5.14 Å². The molecular weight excluding hydrogens is 352 g/mol. The van der Waals surface area contributed by atoms with E-state index >= 15 is 0 Å². The van der Waals surface area contributed by atoms with Crippen molar-refractivity contribution < 1.29 is 13.2 Å². The zero-order valence-electron chi connectivity index (χ0n) is 14.3. The molecule has 1 aliphatic heterocycles. The van der Waals surface area contributed by atoms with Crippen molar-refractivity contribution in [2.75, 3.05) is 31.5 Å². The lowest BCUT2D eigenvalue weighted by atomic mass is 10.1. The van der Waals surface area contributed by atoms with Gasteiger partial charge >= 0.3 is 0 Å². The molecule has 8 heteroatoms. The Bertz CT molecular complexity index is 846. The molecule has 0 bridgehead atoms. The predicted octanol–water partition coefficient (Wildman–Crippen LogP) is 1.26. The maximum absolute atomic E-state index is 12.2. The van der Waals surface area contributed by atoms with Gasteiger partial charge in [-0.2, -0.15) is 12.7 Å². The molecule has 3 N–H and O–H groups in total. The minimum Gasteiger partial charge on any atom is -0.322 e. The Hall–Kier alpha value is -2.26. The monoisotopic (exact) mass is 374 g/mol. The number of rotatable bonds is 5. The molecule has 2 aromatic carbocycles. The third-order valence-electron chi connectivity index (χ3n) is 4.35. The number of nitrogens with two attached hydrogens (primary N) is 1. The van der Waals surface area contributed by atoms with Gasteiger partial charge < -0.3 is 5.32 Å². The van der Waals surface area contributed by atoms with Crippen LogP contribution in [0, 0.1) is 0 Å². The molecule has 1 fully saturated rings. The Balaban J connectivity index is 1.54. The van der Waals surface area contributed by atoms with Gasteiger partial charge in [-0.1, -0.05) is 30.3 Å². The normalized spacial score (nSPS) is 16.3. The summed E-state index contributed by atoms with van der Waals surface area (Å²) in [6.07, 6.45) is 0. The summed E-state index contributed by atoms with van der Waals surface area (Å²) < 4.78 is 24.0. The highest BCUT2D eigenvalue weighted by Gasteiger charge is 2.23. The Morgan fingerprint density at radius 1 is 0.962 bits per heavy atom. The van der Waals surface area contributed by atoms with Gasteiger partial charge in [-0.25, -0.2) is 5.14 Å². The number of benzene rings is 2. The molecule has 0 saturated carbocycles. The van der Waals surface area contributed by atoms with Crippen molar-refractivity contribution in [2.45, 2.75) is 6.54 Å². The van der Waals surface area contributed by atoms with Crippen molar-refractivity contribution >= 4 is 21.8 Å². The maximum Gasteiger partial charge on any atom is 0.276 e. The van der Waals surface area contributed by atoms with E-state index in [4.69, 9.17) is 5.14 Å². The van der Waals surface area contributed by atoms with Crippen LogP contribution in [0.2, 0.25) is 0 Å². The minimum absolute atomic E-state index is 0.149. The van der Waals surface area contributed by atoms with Crippen molar-refractivity contribution in [3.8, 4) is 0 Å². The van der Waals surface area contributed by atoms with Crippen LogP contribution in [0.1, 0.15) is 15.9 Å². The summed E-state index contributed by atoms with van der Waals surface area (Å²) in [5.41, 5.74) is 2.43. The summed E-state index contributed by atoms with van der Waals surface area (Å²) >= 11 is 0. The molecule has 0 unspecified atom stereocenters. The van der Waals surface area contributed by atoms with Gasteiger partial charge in [0.1, 0.15) is 0 Å². The average molecular weight is 374 g/mol. The van der Waals surface area contributed by atoms with E-state index in [1.165, 1.54) is 4.31 Å². The summed E-state index contributed by atoms with van der Waals surface area (Å²) in [5.74, 6) is -0.149. The van der Waals surface area contributed by atoms with Crippen molar-refractivity contribution in [3.63, 3.8) is 0 Å². The Morgan fingerprint density at radius 2 is 1.58 bits per heavy atom. The molecule has 0 spiro atoms. The highest BCUT2D eigenvalue weighted by molar-refractivity contribution is 7.86. The van der Waals surface area contributed by atoms with Crippen LogP contribution in [0.5, 0.6) is 0 Å². The molecule has 7 nitrogen and oxygen atoms in total. The van der Waals surface area contributed by atoms with Crippen molar-refractivity contribution in [1.82, 2.24) is 9.21 Å². The van der Waals surface area contributed by atoms with Gasteiger partial charge in [-0.15, -0.1) is 0 Å². The Labute approximate surface area is 153 Å². The summed E-state index contributed by atoms with van der Waals surface area (Å²) in [6.45, 7) is 2.77. The van der Waals surface area contributed by atoms with Crippen LogP contribution in [0.4, 0.5) is 5.69 Å². The Kier molecular flexibility index (Phi) is 5.67. The van der Waals surface area contributed by atoms with E-state index in [-0.39, 0.29) is 5.91 Å². The highest BCUT2D eigenvalue weighted by Crippen LogP contribution is 2.13. The van der Waals surface area contributed by atoms with Crippen LogP contribution in [0.15, 0.2) is 54.6 Å². The molecule has 138 valence electrons. The van der Waals surface area contributed by atoms with E-state index in [0.717, 1.165) is 11.3 Å². The molecule has 3 rings (SSSR count). The third kappa shape index (κ3) is 4.89. The van der Waals surface area contributed by atoms with Crippen LogP contribution >= 0.6 is 0 Å². The number of piperazine rings is 1. The number of para-hydroxylation sites is 1. The second-order valence-corrected chi connectivity index (χ2v) is 7.78. The molecule has 0 aliphatic carbocycles. The highest BCUT2D eigenvalue weighted by atomic mass is 32.2. The van der Waals surface area contributed by atoms with Gasteiger partial charge in [-0.05, 0) is 29.8 Å². The molecule has 1 saturated heterocycles. The number of nitrogens with one attached hydrogen (secondary N) is 1. The first-order valence-electron chi connectivity index (χ1n) is 8.37. The van der Waals surface area contributed by atoms with Crippen LogP contribution < -0.4 is 10.5 Å². The van der Waals surface area contributed by atoms with Crippen molar-refractivity contribution in [1.29, 1.82) is 0 Å². The van der Waals surface area contributed by atoms with Crippen LogP contribution in [-0.2, 0) is 16.8 Å². The third-order valence-corrected chi connectivity index (χ3v) is 5.43. The van der Waals surface area contributed by atoms with Gasteiger partial charge in [0.05, 0.1) is 0 Å². The zero-order valence-corrected chi connectivity index (χ0v) is 15.2. The fourth-order valence-corrected chi connectivity index (χ4v) is 3.56. The summed E-state index contributed by atoms with van der Waals surface area (Å²) in [5, 5.41) is 8.00. The van der Waals surface area contributed by atoms with Crippen molar-refractivity contribution in [3.05, 3.63) is 65.7 Å². The van der Waals surface area contributed by atoms with E-state index in [9.17, 15) is 13.2 Å². The molecule has 0 radical (unpaired) electrons. The van der Waals surface area contributed by atoms with Crippen LogP contribution in [-0.4, -0.2) is 49.7 Å². The number of carbonyl (C=O) groups is 1. The molecule has 1 heterocycles. The quantitative estimate of drug-likeness (QED) is 0.824. The average Bonchev–Trinajstić information content (AvgIpc) is 2.63. The van der Waals surface area contributed by atoms with E-state index in [1.54, 1.807) is 12.1 Å².